The molecule has 0 amide bonds. The average molecular weight is 276 g/mol. The Labute approximate surface area is 125 Å². The summed E-state index contributed by atoms with van der Waals surface area (Å²) in [6, 6.07) is 9.44. The Morgan fingerprint density at radius 1 is 1.10 bits per heavy atom. The highest BCUT2D eigenvalue weighted by molar-refractivity contribution is 5.21. The molecule has 1 aromatic rings. The number of unbranched alkanes of at least 4 members (excludes halogenated alkanes) is 3. The van der Waals surface area contributed by atoms with Crippen LogP contribution >= 0.6 is 0 Å². The highest BCUT2D eigenvalue weighted by Gasteiger charge is 2.00. The monoisotopic (exact) mass is 276 g/mol. The maximum Gasteiger partial charge on any atom is 0.0230 e. The van der Waals surface area contributed by atoms with Crippen LogP contribution in [0.3, 0.4) is 0 Å². The number of aryl methyl sites for hydroxylation is 1. The highest BCUT2D eigenvalue weighted by Crippen LogP contribution is 2.08. The molecule has 1 aromatic carbocycles. The molecular weight excluding hydrogens is 244 g/mol. The molecule has 2 heteroatoms. The average Bonchev–Trinajstić information content (AvgIpc) is 2.37. The maximum absolute atomic E-state index is 3.47. The number of nitrogens with one attached hydrogen (secondary N) is 1. The molecule has 0 unspecified atom stereocenters. The molecule has 0 aromatic heterocycles. The Hall–Kier alpha value is -0.860. The topological polar surface area (TPSA) is 15.3 Å². The second-order valence-corrected chi connectivity index (χ2v) is 6.25. The van der Waals surface area contributed by atoms with Crippen molar-refractivity contribution in [2.45, 2.75) is 59.0 Å². The van der Waals surface area contributed by atoms with Crippen LogP contribution < -0.4 is 5.32 Å². The van der Waals surface area contributed by atoms with Gasteiger partial charge in [0.1, 0.15) is 0 Å². The van der Waals surface area contributed by atoms with Crippen molar-refractivity contribution >= 4 is 0 Å². The molecule has 1 N–H and O–H groups in total. The number of rotatable bonds is 10. The van der Waals surface area contributed by atoms with E-state index in [1.807, 2.05) is 0 Å². The number of hydrogen-bond acceptors (Lipinski definition) is 2. The highest BCUT2D eigenvalue weighted by atomic mass is 15.1. The Balaban J connectivity index is 2.04. The quantitative estimate of drug-likeness (QED) is 0.650. The summed E-state index contributed by atoms with van der Waals surface area (Å²) in [7, 11) is 2.22. The minimum Gasteiger partial charge on any atom is -0.315 e. The second kappa shape index (κ2) is 9.95. The van der Waals surface area contributed by atoms with E-state index in [0.29, 0.717) is 6.04 Å². The molecule has 0 heterocycles. The van der Waals surface area contributed by atoms with Gasteiger partial charge in [0.25, 0.3) is 0 Å². The zero-order valence-corrected chi connectivity index (χ0v) is 13.8. The van der Waals surface area contributed by atoms with Gasteiger partial charge in [0.2, 0.25) is 0 Å². The van der Waals surface area contributed by atoms with Crippen LogP contribution in [0.5, 0.6) is 0 Å². The van der Waals surface area contributed by atoms with E-state index in [9.17, 15) is 0 Å². The molecule has 0 spiro atoms. The van der Waals surface area contributed by atoms with Crippen molar-refractivity contribution in [3.8, 4) is 0 Å². The fourth-order valence-corrected chi connectivity index (χ4v) is 2.45. The second-order valence-electron chi connectivity index (χ2n) is 6.25. The minimum absolute atomic E-state index is 0.621. The smallest absolute Gasteiger partial charge is 0.0230 e. The van der Waals surface area contributed by atoms with Gasteiger partial charge in [0, 0.05) is 12.6 Å². The van der Waals surface area contributed by atoms with Crippen molar-refractivity contribution in [1.29, 1.82) is 0 Å². The summed E-state index contributed by atoms with van der Waals surface area (Å²) in [5.74, 6) is 0. The minimum atomic E-state index is 0.621. The fraction of sp³-hybridized carbons (Fsp3) is 0.667. The number of hydrogen-bond donors (Lipinski definition) is 1. The van der Waals surface area contributed by atoms with Crippen LogP contribution in [0.15, 0.2) is 24.3 Å². The molecule has 0 aliphatic carbocycles. The van der Waals surface area contributed by atoms with Gasteiger partial charge in [-0.15, -0.1) is 0 Å². The molecule has 0 bridgehead atoms. The Morgan fingerprint density at radius 2 is 1.85 bits per heavy atom. The summed E-state index contributed by atoms with van der Waals surface area (Å²) in [5.41, 5.74) is 2.78. The van der Waals surface area contributed by atoms with E-state index in [1.165, 1.54) is 43.4 Å². The van der Waals surface area contributed by atoms with Crippen LogP contribution in [0.4, 0.5) is 0 Å². The van der Waals surface area contributed by atoms with Crippen molar-refractivity contribution in [1.82, 2.24) is 10.2 Å². The third-order valence-electron chi connectivity index (χ3n) is 3.55. The number of nitrogens with zero attached hydrogens (tertiary/aromatic N) is 1. The van der Waals surface area contributed by atoms with Crippen LogP contribution in [-0.4, -0.2) is 31.1 Å². The molecular formula is C18H32N2. The molecule has 20 heavy (non-hydrogen) atoms. The zero-order chi connectivity index (χ0) is 14.8. The summed E-state index contributed by atoms with van der Waals surface area (Å²) in [5, 5.41) is 3.47. The predicted molar refractivity (Wildman–Crippen MR) is 89.1 cm³/mol. The van der Waals surface area contributed by atoms with E-state index >= 15 is 0 Å². The lowest BCUT2D eigenvalue weighted by molar-refractivity contribution is 0.316. The third-order valence-corrected chi connectivity index (χ3v) is 3.55. The molecule has 114 valence electrons. The van der Waals surface area contributed by atoms with Crippen molar-refractivity contribution in [3.05, 3.63) is 35.4 Å². The summed E-state index contributed by atoms with van der Waals surface area (Å²) < 4.78 is 0. The van der Waals surface area contributed by atoms with E-state index < -0.39 is 0 Å². The first-order valence-electron chi connectivity index (χ1n) is 8.05. The van der Waals surface area contributed by atoms with Crippen molar-refractivity contribution in [2.24, 2.45) is 0 Å². The SMILES string of the molecule is Cc1cccc(CN(C)CCCCCCNC(C)C)c1. The molecule has 0 saturated carbocycles. The van der Waals surface area contributed by atoms with Crippen molar-refractivity contribution < 1.29 is 0 Å². The fourth-order valence-electron chi connectivity index (χ4n) is 2.45. The molecule has 0 aliphatic heterocycles. The molecule has 1 rings (SSSR count). The lowest BCUT2D eigenvalue weighted by Crippen LogP contribution is -2.23. The predicted octanol–water partition coefficient (Wildman–Crippen LogP) is 3.99. The lowest BCUT2D eigenvalue weighted by Gasteiger charge is -2.17. The number of benzene rings is 1. The third kappa shape index (κ3) is 8.34. The van der Waals surface area contributed by atoms with Gasteiger partial charge in [-0.2, -0.15) is 0 Å². The maximum atomic E-state index is 3.47. The molecule has 0 atom stereocenters. The van der Waals surface area contributed by atoms with Crippen LogP contribution in [-0.2, 0) is 6.54 Å². The van der Waals surface area contributed by atoms with Gasteiger partial charge < -0.3 is 10.2 Å². The summed E-state index contributed by atoms with van der Waals surface area (Å²) in [4.78, 5) is 2.43. The van der Waals surface area contributed by atoms with Gasteiger partial charge in [-0.25, -0.2) is 0 Å². The normalized spacial score (nSPS) is 11.5. The van der Waals surface area contributed by atoms with Gasteiger partial charge in [0.05, 0.1) is 0 Å². The molecule has 0 aliphatic rings. The van der Waals surface area contributed by atoms with Gasteiger partial charge in [-0.05, 0) is 45.5 Å². The van der Waals surface area contributed by atoms with E-state index in [0.717, 1.165) is 13.1 Å². The van der Waals surface area contributed by atoms with Gasteiger partial charge >= 0.3 is 0 Å². The van der Waals surface area contributed by atoms with Crippen LogP contribution in [0.2, 0.25) is 0 Å². The Kier molecular flexibility index (Phi) is 8.56. The molecule has 0 fully saturated rings. The van der Waals surface area contributed by atoms with E-state index in [1.54, 1.807) is 0 Å². The Bertz CT molecular complexity index is 360. The molecule has 0 saturated heterocycles. The summed E-state index contributed by atoms with van der Waals surface area (Å²) in [6.45, 7) is 10.0. The van der Waals surface area contributed by atoms with Gasteiger partial charge in [0.15, 0.2) is 0 Å². The zero-order valence-electron chi connectivity index (χ0n) is 13.8. The molecule has 0 radical (unpaired) electrons. The molecule has 2 nitrogen and oxygen atoms in total. The van der Waals surface area contributed by atoms with Crippen LogP contribution in [0.25, 0.3) is 0 Å². The summed E-state index contributed by atoms with van der Waals surface area (Å²) in [6.07, 6.45) is 5.31. The van der Waals surface area contributed by atoms with Gasteiger partial charge in [-0.3, -0.25) is 0 Å². The van der Waals surface area contributed by atoms with Crippen LogP contribution in [0.1, 0.15) is 50.7 Å². The van der Waals surface area contributed by atoms with Crippen molar-refractivity contribution in [2.75, 3.05) is 20.1 Å². The Morgan fingerprint density at radius 3 is 2.55 bits per heavy atom. The van der Waals surface area contributed by atoms with Crippen LogP contribution in [0, 0.1) is 6.92 Å². The standard InChI is InChI=1S/C18H32N2/c1-16(2)19-12-7-5-6-8-13-20(4)15-18-11-9-10-17(3)14-18/h9-11,14,16,19H,5-8,12-13,15H2,1-4H3. The van der Waals surface area contributed by atoms with E-state index in [-0.39, 0.29) is 0 Å². The lowest BCUT2D eigenvalue weighted by atomic mass is 10.1. The van der Waals surface area contributed by atoms with Crippen molar-refractivity contribution in [3.63, 3.8) is 0 Å². The van der Waals surface area contributed by atoms with E-state index in [4.69, 9.17) is 0 Å². The first-order valence-corrected chi connectivity index (χ1v) is 8.05. The first kappa shape index (κ1) is 17.2. The first-order chi connectivity index (χ1) is 9.58. The largest absolute Gasteiger partial charge is 0.315 e. The van der Waals surface area contributed by atoms with Gasteiger partial charge in [-0.1, -0.05) is 56.5 Å². The van der Waals surface area contributed by atoms with E-state index in [2.05, 4.69) is 62.3 Å². The summed E-state index contributed by atoms with van der Waals surface area (Å²) >= 11 is 0.